The van der Waals surface area contributed by atoms with Crippen molar-refractivity contribution >= 4 is 0 Å². The normalized spacial score (nSPS) is 17.1. The zero-order valence-electron chi connectivity index (χ0n) is 7.67. The van der Waals surface area contributed by atoms with Gasteiger partial charge in [-0.1, -0.05) is 20.3 Å². The highest BCUT2D eigenvalue weighted by molar-refractivity contribution is 4.63. The van der Waals surface area contributed by atoms with Crippen molar-refractivity contribution < 1.29 is 5.11 Å². The van der Waals surface area contributed by atoms with Crippen LogP contribution in [0.1, 0.15) is 40.0 Å². The number of hydrogen-bond acceptors (Lipinski definition) is 3. The molecule has 0 heterocycles. The van der Waals surface area contributed by atoms with Crippen molar-refractivity contribution in [2.45, 2.75) is 45.8 Å². The van der Waals surface area contributed by atoms with Crippen LogP contribution < -0.4 is 0 Å². The van der Waals surface area contributed by atoms with Crippen molar-refractivity contribution in [1.29, 1.82) is 0 Å². The van der Waals surface area contributed by atoms with E-state index in [-0.39, 0.29) is 0 Å². The summed E-state index contributed by atoms with van der Waals surface area (Å²) >= 11 is 0. The van der Waals surface area contributed by atoms with Gasteiger partial charge in [-0.15, -0.1) is 0 Å². The maximum absolute atomic E-state index is 9.36. The molecule has 0 radical (unpaired) electrons. The van der Waals surface area contributed by atoms with Crippen molar-refractivity contribution in [2.75, 3.05) is 6.54 Å². The van der Waals surface area contributed by atoms with E-state index >= 15 is 0 Å². The van der Waals surface area contributed by atoms with Crippen molar-refractivity contribution in [3.63, 3.8) is 0 Å². The van der Waals surface area contributed by atoms with E-state index < -0.39 is 5.72 Å². The topological polar surface area (TPSA) is 45.0 Å². The maximum atomic E-state index is 9.36. The first kappa shape index (κ1) is 10.6. The standard InChI is InChI=1S/C8H18N2O/c1-4-6-7-9-10-8(3,11)5-2/h11H,4-7H2,1-3H3/b10-9+. The minimum Gasteiger partial charge on any atom is -0.368 e. The predicted molar refractivity (Wildman–Crippen MR) is 45.5 cm³/mol. The van der Waals surface area contributed by atoms with Gasteiger partial charge in [-0.2, -0.15) is 10.2 Å². The van der Waals surface area contributed by atoms with E-state index in [4.69, 9.17) is 0 Å². The van der Waals surface area contributed by atoms with Gasteiger partial charge in [0.05, 0.1) is 6.54 Å². The highest BCUT2D eigenvalue weighted by atomic mass is 16.3. The Morgan fingerprint density at radius 2 is 2.00 bits per heavy atom. The number of rotatable bonds is 5. The highest BCUT2D eigenvalue weighted by Gasteiger charge is 2.14. The quantitative estimate of drug-likeness (QED) is 0.484. The Hall–Kier alpha value is -0.440. The van der Waals surface area contributed by atoms with Crippen molar-refractivity contribution in [2.24, 2.45) is 10.2 Å². The van der Waals surface area contributed by atoms with Crippen LogP contribution in [0.5, 0.6) is 0 Å². The Bertz CT molecular complexity index is 121. The molecule has 66 valence electrons. The molecule has 1 N–H and O–H groups in total. The van der Waals surface area contributed by atoms with Gasteiger partial charge in [0, 0.05) is 0 Å². The molecule has 0 aromatic rings. The van der Waals surface area contributed by atoms with Crippen molar-refractivity contribution in [1.82, 2.24) is 0 Å². The number of azo groups is 1. The highest BCUT2D eigenvalue weighted by Crippen LogP contribution is 2.10. The van der Waals surface area contributed by atoms with E-state index in [1.54, 1.807) is 6.92 Å². The van der Waals surface area contributed by atoms with Gasteiger partial charge < -0.3 is 5.11 Å². The summed E-state index contributed by atoms with van der Waals surface area (Å²) in [4.78, 5) is 0. The molecule has 0 aromatic heterocycles. The smallest absolute Gasteiger partial charge is 0.172 e. The minimum atomic E-state index is -0.951. The van der Waals surface area contributed by atoms with Gasteiger partial charge in [-0.3, -0.25) is 0 Å². The third-order valence-corrected chi connectivity index (χ3v) is 1.57. The SMILES string of the molecule is CCCC/N=N/C(C)(O)CC. The zero-order chi connectivity index (χ0) is 8.74. The lowest BCUT2D eigenvalue weighted by Gasteiger charge is -2.12. The molecule has 0 saturated carbocycles. The molecule has 0 aliphatic carbocycles. The summed E-state index contributed by atoms with van der Waals surface area (Å²) in [6, 6.07) is 0. The Kier molecular flexibility index (Phi) is 5.03. The largest absolute Gasteiger partial charge is 0.368 e. The zero-order valence-corrected chi connectivity index (χ0v) is 7.67. The van der Waals surface area contributed by atoms with Crippen LogP contribution in [0.15, 0.2) is 10.2 Å². The molecule has 0 aliphatic heterocycles. The minimum absolute atomic E-state index is 0.614. The lowest BCUT2D eigenvalue weighted by Crippen LogP contribution is -2.18. The average molecular weight is 158 g/mol. The third kappa shape index (κ3) is 5.98. The van der Waals surface area contributed by atoms with Gasteiger partial charge in [0.15, 0.2) is 5.72 Å². The summed E-state index contributed by atoms with van der Waals surface area (Å²) < 4.78 is 0. The van der Waals surface area contributed by atoms with Crippen LogP contribution in [-0.2, 0) is 0 Å². The van der Waals surface area contributed by atoms with E-state index in [1.165, 1.54) is 0 Å². The van der Waals surface area contributed by atoms with Gasteiger partial charge in [0.2, 0.25) is 0 Å². The number of unbranched alkanes of at least 4 members (excludes halogenated alkanes) is 1. The Balaban J connectivity index is 3.55. The number of nitrogens with zero attached hydrogens (tertiary/aromatic N) is 2. The van der Waals surface area contributed by atoms with E-state index in [0.29, 0.717) is 6.42 Å². The molecule has 0 saturated heterocycles. The lowest BCUT2D eigenvalue weighted by atomic mass is 10.2. The summed E-state index contributed by atoms with van der Waals surface area (Å²) in [6.07, 6.45) is 2.78. The van der Waals surface area contributed by atoms with Crippen LogP contribution in [0.2, 0.25) is 0 Å². The van der Waals surface area contributed by atoms with Gasteiger partial charge in [0.1, 0.15) is 0 Å². The van der Waals surface area contributed by atoms with Gasteiger partial charge in [0.25, 0.3) is 0 Å². The molecule has 3 nitrogen and oxygen atoms in total. The summed E-state index contributed by atoms with van der Waals surface area (Å²) in [5.74, 6) is 0. The Morgan fingerprint density at radius 1 is 1.36 bits per heavy atom. The first-order valence-corrected chi connectivity index (χ1v) is 4.23. The maximum Gasteiger partial charge on any atom is 0.172 e. The first-order valence-electron chi connectivity index (χ1n) is 4.23. The molecule has 0 amide bonds. The predicted octanol–water partition coefficient (Wildman–Crippen LogP) is 2.36. The molecule has 1 unspecified atom stereocenters. The number of aliphatic hydroxyl groups is 1. The molecule has 1 atom stereocenters. The van der Waals surface area contributed by atoms with Crippen LogP contribution in [0.4, 0.5) is 0 Å². The Morgan fingerprint density at radius 3 is 2.45 bits per heavy atom. The second-order valence-corrected chi connectivity index (χ2v) is 2.89. The molecule has 0 bridgehead atoms. The van der Waals surface area contributed by atoms with Gasteiger partial charge >= 0.3 is 0 Å². The Labute approximate surface area is 68.5 Å². The summed E-state index contributed by atoms with van der Waals surface area (Å²) in [5, 5.41) is 17.0. The third-order valence-electron chi connectivity index (χ3n) is 1.57. The van der Waals surface area contributed by atoms with Crippen LogP contribution in [0.3, 0.4) is 0 Å². The van der Waals surface area contributed by atoms with Crippen molar-refractivity contribution in [3.05, 3.63) is 0 Å². The monoisotopic (exact) mass is 158 g/mol. The van der Waals surface area contributed by atoms with Gasteiger partial charge in [-0.05, 0) is 19.8 Å². The summed E-state index contributed by atoms with van der Waals surface area (Å²) in [7, 11) is 0. The summed E-state index contributed by atoms with van der Waals surface area (Å²) in [5.41, 5.74) is -0.951. The van der Waals surface area contributed by atoms with E-state index in [0.717, 1.165) is 19.4 Å². The van der Waals surface area contributed by atoms with Crippen LogP contribution >= 0.6 is 0 Å². The molecule has 0 rings (SSSR count). The van der Waals surface area contributed by atoms with E-state index in [2.05, 4.69) is 17.2 Å². The fraction of sp³-hybridized carbons (Fsp3) is 1.00. The molecule has 3 heteroatoms. The molecule has 0 fully saturated rings. The van der Waals surface area contributed by atoms with Gasteiger partial charge in [-0.25, -0.2) is 0 Å². The fourth-order valence-corrected chi connectivity index (χ4v) is 0.502. The second kappa shape index (κ2) is 5.24. The first-order chi connectivity index (χ1) is 5.12. The average Bonchev–Trinajstić information content (AvgIpc) is 1.99. The lowest BCUT2D eigenvalue weighted by molar-refractivity contribution is 0.0571. The fourth-order valence-electron chi connectivity index (χ4n) is 0.502. The molecule has 0 aromatic carbocycles. The van der Waals surface area contributed by atoms with Crippen LogP contribution in [0, 0.1) is 0 Å². The van der Waals surface area contributed by atoms with E-state index in [1.807, 2.05) is 6.92 Å². The van der Waals surface area contributed by atoms with Crippen molar-refractivity contribution in [3.8, 4) is 0 Å². The molecular formula is C8H18N2O. The molecule has 0 spiro atoms. The van der Waals surface area contributed by atoms with Crippen LogP contribution in [-0.4, -0.2) is 17.4 Å². The van der Waals surface area contributed by atoms with Crippen LogP contribution in [0.25, 0.3) is 0 Å². The molecule has 0 aliphatic rings. The number of hydrogen-bond donors (Lipinski definition) is 1. The summed E-state index contributed by atoms with van der Waals surface area (Å²) in [6.45, 7) is 6.39. The molecular weight excluding hydrogens is 140 g/mol. The van der Waals surface area contributed by atoms with E-state index in [9.17, 15) is 5.11 Å². The molecule has 11 heavy (non-hydrogen) atoms. The second-order valence-electron chi connectivity index (χ2n) is 2.89.